The molecule has 4 atom stereocenters. The van der Waals surface area contributed by atoms with Crippen LogP contribution in [0.2, 0.25) is 0 Å². The van der Waals surface area contributed by atoms with Crippen LogP contribution >= 0.6 is 0 Å². The largest absolute Gasteiger partial charge is 0.313 e. The van der Waals surface area contributed by atoms with Gasteiger partial charge >= 0.3 is 0 Å². The molecule has 1 aromatic carbocycles. The summed E-state index contributed by atoms with van der Waals surface area (Å²) < 4.78 is 0. The van der Waals surface area contributed by atoms with E-state index in [0.29, 0.717) is 6.04 Å². The fourth-order valence-electron chi connectivity index (χ4n) is 4.84. The van der Waals surface area contributed by atoms with Crippen LogP contribution in [0.5, 0.6) is 0 Å². The first-order valence-corrected chi connectivity index (χ1v) is 8.55. The Morgan fingerprint density at radius 2 is 1.90 bits per heavy atom. The van der Waals surface area contributed by atoms with Gasteiger partial charge in [0.1, 0.15) is 0 Å². The van der Waals surface area contributed by atoms with E-state index in [1.54, 1.807) is 5.56 Å². The predicted octanol–water partition coefficient (Wildman–Crippen LogP) is 4.51. The highest BCUT2D eigenvalue weighted by atomic mass is 14.9. The van der Waals surface area contributed by atoms with Gasteiger partial charge in [-0.3, -0.25) is 0 Å². The summed E-state index contributed by atoms with van der Waals surface area (Å²) >= 11 is 0. The first-order valence-electron chi connectivity index (χ1n) is 8.55. The molecule has 2 aliphatic rings. The highest BCUT2D eigenvalue weighted by Gasteiger charge is 2.43. The van der Waals surface area contributed by atoms with Gasteiger partial charge in [-0.15, -0.1) is 0 Å². The fraction of sp³-hybridized carbons (Fsp3) is 0.684. The van der Waals surface area contributed by atoms with E-state index >= 15 is 0 Å². The van der Waals surface area contributed by atoms with Crippen LogP contribution in [0.3, 0.4) is 0 Å². The monoisotopic (exact) mass is 271 g/mol. The normalized spacial score (nSPS) is 29.9. The van der Waals surface area contributed by atoms with Crippen LogP contribution in [-0.4, -0.2) is 7.05 Å². The molecular formula is C19H29N. The zero-order chi connectivity index (χ0) is 14.1. The van der Waals surface area contributed by atoms with Crippen LogP contribution < -0.4 is 5.32 Å². The van der Waals surface area contributed by atoms with Crippen molar-refractivity contribution in [2.24, 2.45) is 17.8 Å². The summed E-state index contributed by atoms with van der Waals surface area (Å²) in [5.41, 5.74) is 4.60. The Morgan fingerprint density at radius 1 is 1.10 bits per heavy atom. The van der Waals surface area contributed by atoms with E-state index in [1.165, 1.54) is 36.8 Å². The SMILES string of the molecule is CCc1ccc(C(NC)C2CC3CCC2C3)cc1CC. The molecule has 0 radical (unpaired) electrons. The quantitative estimate of drug-likeness (QED) is 0.831. The minimum absolute atomic E-state index is 0.571. The second-order valence-corrected chi connectivity index (χ2v) is 6.84. The van der Waals surface area contributed by atoms with Crippen molar-refractivity contribution >= 4 is 0 Å². The van der Waals surface area contributed by atoms with Gasteiger partial charge in [0.2, 0.25) is 0 Å². The van der Waals surface area contributed by atoms with Gasteiger partial charge in [-0.25, -0.2) is 0 Å². The van der Waals surface area contributed by atoms with Gasteiger partial charge in [0.15, 0.2) is 0 Å². The van der Waals surface area contributed by atoms with Gasteiger partial charge < -0.3 is 5.32 Å². The molecule has 1 N–H and O–H groups in total. The van der Waals surface area contributed by atoms with Crippen LogP contribution in [-0.2, 0) is 12.8 Å². The number of hydrogen-bond acceptors (Lipinski definition) is 1. The van der Waals surface area contributed by atoms with Gasteiger partial charge in [-0.2, -0.15) is 0 Å². The number of nitrogens with one attached hydrogen (secondary N) is 1. The summed E-state index contributed by atoms with van der Waals surface area (Å²) in [5, 5.41) is 3.63. The minimum Gasteiger partial charge on any atom is -0.313 e. The second-order valence-electron chi connectivity index (χ2n) is 6.84. The van der Waals surface area contributed by atoms with Crippen molar-refractivity contribution in [2.45, 2.75) is 58.4 Å². The maximum atomic E-state index is 3.63. The van der Waals surface area contributed by atoms with Gasteiger partial charge in [-0.1, -0.05) is 38.5 Å². The highest BCUT2D eigenvalue weighted by Crippen LogP contribution is 2.52. The lowest BCUT2D eigenvalue weighted by Gasteiger charge is -2.31. The summed E-state index contributed by atoms with van der Waals surface area (Å²) in [6.45, 7) is 4.55. The smallest absolute Gasteiger partial charge is 0.0349 e. The molecule has 2 fully saturated rings. The maximum absolute atomic E-state index is 3.63. The van der Waals surface area contributed by atoms with Gasteiger partial charge in [0, 0.05) is 6.04 Å². The number of hydrogen-bond donors (Lipinski definition) is 1. The summed E-state index contributed by atoms with van der Waals surface area (Å²) in [5.74, 6) is 2.88. The van der Waals surface area contributed by atoms with E-state index in [2.05, 4.69) is 44.4 Å². The van der Waals surface area contributed by atoms with E-state index < -0.39 is 0 Å². The fourth-order valence-corrected chi connectivity index (χ4v) is 4.84. The molecule has 2 aliphatic carbocycles. The molecule has 1 nitrogen and oxygen atoms in total. The maximum Gasteiger partial charge on any atom is 0.0349 e. The summed E-state index contributed by atoms with van der Waals surface area (Å²) in [6, 6.07) is 7.80. The van der Waals surface area contributed by atoms with Crippen molar-refractivity contribution < 1.29 is 0 Å². The van der Waals surface area contributed by atoms with E-state index in [-0.39, 0.29) is 0 Å². The van der Waals surface area contributed by atoms with Gasteiger partial charge in [0.25, 0.3) is 0 Å². The van der Waals surface area contributed by atoms with Crippen molar-refractivity contribution in [3.05, 3.63) is 34.9 Å². The third-order valence-corrected chi connectivity index (χ3v) is 5.88. The van der Waals surface area contributed by atoms with E-state index in [9.17, 15) is 0 Å². The lowest BCUT2D eigenvalue weighted by atomic mass is 9.80. The molecule has 20 heavy (non-hydrogen) atoms. The molecule has 110 valence electrons. The van der Waals surface area contributed by atoms with Crippen LogP contribution in [0, 0.1) is 17.8 Å². The number of benzene rings is 1. The molecule has 3 rings (SSSR count). The second kappa shape index (κ2) is 5.89. The van der Waals surface area contributed by atoms with Crippen molar-refractivity contribution in [3.63, 3.8) is 0 Å². The molecule has 0 spiro atoms. The number of fused-ring (bicyclic) bond motifs is 2. The molecular weight excluding hydrogens is 242 g/mol. The van der Waals surface area contributed by atoms with E-state index in [0.717, 1.165) is 30.6 Å². The Morgan fingerprint density at radius 3 is 2.45 bits per heavy atom. The van der Waals surface area contributed by atoms with Crippen LogP contribution in [0.15, 0.2) is 18.2 Å². The molecule has 0 saturated heterocycles. The molecule has 2 saturated carbocycles. The zero-order valence-electron chi connectivity index (χ0n) is 13.3. The molecule has 0 heterocycles. The Bertz CT molecular complexity index is 465. The molecule has 2 bridgehead atoms. The van der Waals surface area contributed by atoms with Crippen molar-refractivity contribution in [1.29, 1.82) is 0 Å². The standard InChI is InChI=1S/C19H29N/c1-4-14-8-9-17(12-15(14)5-2)19(20-3)18-11-13-6-7-16(18)10-13/h8-9,12-13,16,18-20H,4-7,10-11H2,1-3H3. The average molecular weight is 271 g/mol. The zero-order valence-corrected chi connectivity index (χ0v) is 13.3. The highest BCUT2D eigenvalue weighted by molar-refractivity contribution is 5.34. The van der Waals surface area contributed by atoms with E-state index in [1.807, 2.05) is 0 Å². The van der Waals surface area contributed by atoms with Crippen molar-refractivity contribution in [3.8, 4) is 0 Å². The Kier molecular flexibility index (Phi) is 4.16. The summed E-state index contributed by atoms with van der Waals surface area (Å²) in [6.07, 6.45) is 8.23. The predicted molar refractivity (Wildman–Crippen MR) is 85.9 cm³/mol. The summed E-state index contributed by atoms with van der Waals surface area (Å²) in [4.78, 5) is 0. The molecule has 0 aliphatic heterocycles. The lowest BCUT2D eigenvalue weighted by molar-refractivity contribution is 0.259. The number of rotatable bonds is 5. The van der Waals surface area contributed by atoms with Gasteiger partial charge in [0.05, 0.1) is 0 Å². The molecule has 4 unspecified atom stereocenters. The lowest BCUT2D eigenvalue weighted by Crippen LogP contribution is -2.29. The Balaban J connectivity index is 1.86. The van der Waals surface area contributed by atoms with Crippen molar-refractivity contribution in [1.82, 2.24) is 5.32 Å². The average Bonchev–Trinajstić information content (AvgIpc) is 3.11. The van der Waals surface area contributed by atoms with E-state index in [4.69, 9.17) is 0 Å². The van der Waals surface area contributed by atoms with Gasteiger partial charge in [-0.05, 0) is 73.6 Å². The minimum atomic E-state index is 0.571. The third kappa shape index (κ3) is 2.41. The summed E-state index contributed by atoms with van der Waals surface area (Å²) in [7, 11) is 2.15. The first kappa shape index (κ1) is 14.1. The molecule has 1 heteroatoms. The number of aryl methyl sites for hydroxylation is 2. The molecule has 1 aromatic rings. The topological polar surface area (TPSA) is 12.0 Å². The van der Waals surface area contributed by atoms with Crippen LogP contribution in [0.4, 0.5) is 0 Å². The Hall–Kier alpha value is -0.820. The molecule has 0 aromatic heterocycles. The Labute approximate surface area is 124 Å². The molecule has 0 amide bonds. The third-order valence-electron chi connectivity index (χ3n) is 5.88. The van der Waals surface area contributed by atoms with Crippen molar-refractivity contribution in [2.75, 3.05) is 7.05 Å². The van der Waals surface area contributed by atoms with Crippen LogP contribution in [0.25, 0.3) is 0 Å². The first-order chi connectivity index (χ1) is 9.76. The van der Waals surface area contributed by atoms with Crippen LogP contribution in [0.1, 0.15) is 62.3 Å².